The fourth-order valence-corrected chi connectivity index (χ4v) is 3.24. The molecule has 0 aliphatic heterocycles. The Morgan fingerprint density at radius 1 is 1.28 bits per heavy atom. The molecule has 0 saturated heterocycles. The third-order valence-electron chi connectivity index (χ3n) is 4.93. The maximum atomic E-state index is 12.8. The van der Waals surface area contributed by atoms with Gasteiger partial charge in [-0.25, -0.2) is 9.78 Å². The van der Waals surface area contributed by atoms with Crippen molar-refractivity contribution in [3.8, 4) is 0 Å². The van der Waals surface area contributed by atoms with Gasteiger partial charge in [0.15, 0.2) is 5.96 Å². The molecular formula is C22H34IN7O2. The molecule has 1 fully saturated rings. The molecule has 2 N–H and O–H groups in total. The minimum absolute atomic E-state index is 0. The summed E-state index contributed by atoms with van der Waals surface area (Å²) in [5.41, 5.74) is 2.53. The number of rotatable bonds is 6. The molecule has 0 spiro atoms. The average Bonchev–Trinajstić information content (AvgIpc) is 3.43. The van der Waals surface area contributed by atoms with E-state index in [1.807, 2.05) is 46.9 Å². The molecule has 0 bridgehead atoms. The van der Waals surface area contributed by atoms with Crippen LogP contribution in [0.5, 0.6) is 0 Å². The van der Waals surface area contributed by atoms with E-state index in [1.54, 1.807) is 16.6 Å². The van der Waals surface area contributed by atoms with E-state index in [-0.39, 0.29) is 36.1 Å². The number of carbonyl (C=O) groups is 1. The molecule has 1 aromatic carbocycles. The molecule has 2 aromatic rings. The van der Waals surface area contributed by atoms with Crippen LogP contribution < -0.4 is 15.5 Å². The maximum absolute atomic E-state index is 12.8. The number of aryl methyl sites for hydroxylation is 2. The molecule has 1 amide bonds. The van der Waals surface area contributed by atoms with Crippen LogP contribution in [0.15, 0.2) is 29.5 Å². The predicted octanol–water partition coefficient (Wildman–Crippen LogP) is 3.51. The first-order chi connectivity index (χ1) is 14.7. The van der Waals surface area contributed by atoms with Crippen molar-refractivity contribution in [3.63, 3.8) is 0 Å². The van der Waals surface area contributed by atoms with Crippen molar-refractivity contribution in [2.45, 2.75) is 65.3 Å². The van der Waals surface area contributed by atoms with Crippen molar-refractivity contribution in [2.75, 3.05) is 11.9 Å². The van der Waals surface area contributed by atoms with Gasteiger partial charge >= 0.3 is 6.09 Å². The Balaban J connectivity index is 0.00000363. The van der Waals surface area contributed by atoms with E-state index >= 15 is 0 Å². The summed E-state index contributed by atoms with van der Waals surface area (Å²) in [4.78, 5) is 23.0. The molecule has 1 saturated carbocycles. The van der Waals surface area contributed by atoms with Crippen LogP contribution >= 0.6 is 24.0 Å². The number of hydrogen-bond donors (Lipinski definition) is 2. The molecule has 0 atom stereocenters. The van der Waals surface area contributed by atoms with Crippen molar-refractivity contribution in [1.29, 1.82) is 0 Å². The number of aromatic nitrogens is 3. The Bertz CT molecular complexity index is 948. The predicted molar refractivity (Wildman–Crippen MR) is 136 cm³/mol. The lowest BCUT2D eigenvalue weighted by Crippen LogP contribution is -2.39. The number of benzene rings is 1. The molecule has 1 aromatic heterocycles. The monoisotopic (exact) mass is 555 g/mol. The summed E-state index contributed by atoms with van der Waals surface area (Å²) >= 11 is 0. The molecular weight excluding hydrogens is 521 g/mol. The standard InChI is InChI=1S/C22H33N7O2.HI/c1-15-11-16(12-24-20(23-5)25-13-19-26-14-27-28(19)6)7-10-18(15)29(17-8-9-17)21(30)31-22(2,3)4;/h7,10-11,14,17H,8-9,12-13H2,1-6H3,(H2,23,24,25);1H. The lowest BCUT2D eigenvalue weighted by atomic mass is 10.1. The zero-order chi connectivity index (χ0) is 22.6. The fourth-order valence-electron chi connectivity index (χ4n) is 3.24. The first kappa shape index (κ1) is 25.9. The van der Waals surface area contributed by atoms with E-state index in [9.17, 15) is 4.79 Å². The molecule has 1 aliphatic carbocycles. The van der Waals surface area contributed by atoms with E-state index in [4.69, 9.17) is 4.74 Å². The van der Waals surface area contributed by atoms with Gasteiger partial charge in [-0.3, -0.25) is 14.6 Å². The van der Waals surface area contributed by atoms with Gasteiger partial charge in [0.2, 0.25) is 0 Å². The number of aliphatic imine (C=N–C) groups is 1. The van der Waals surface area contributed by atoms with Gasteiger partial charge in [0, 0.05) is 26.7 Å². The van der Waals surface area contributed by atoms with Crippen LogP contribution in [0.25, 0.3) is 0 Å². The number of anilines is 1. The number of carbonyl (C=O) groups excluding carboxylic acids is 1. The van der Waals surface area contributed by atoms with Crippen molar-refractivity contribution in [2.24, 2.45) is 12.0 Å². The fraction of sp³-hybridized carbons (Fsp3) is 0.545. The minimum Gasteiger partial charge on any atom is -0.443 e. The molecule has 9 nitrogen and oxygen atoms in total. The first-order valence-electron chi connectivity index (χ1n) is 10.6. The number of ether oxygens (including phenoxy) is 1. The van der Waals surface area contributed by atoms with E-state index in [0.717, 1.165) is 35.5 Å². The topological polar surface area (TPSA) is 96.7 Å². The highest BCUT2D eigenvalue weighted by molar-refractivity contribution is 14.0. The van der Waals surface area contributed by atoms with E-state index in [0.29, 0.717) is 19.0 Å². The van der Waals surface area contributed by atoms with Crippen molar-refractivity contribution in [1.82, 2.24) is 25.4 Å². The summed E-state index contributed by atoms with van der Waals surface area (Å²) in [5, 5.41) is 10.6. The van der Waals surface area contributed by atoms with Crippen LogP contribution in [0.3, 0.4) is 0 Å². The zero-order valence-corrected chi connectivity index (χ0v) is 22.0. The average molecular weight is 555 g/mol. The van der Waals surface area contributed by atoms with E-state index in [2.05, 4.69) is 31.8 Å². The Morgan fingerprint density at radius 3 is 2.50 bits per heavy atom. The molecule has 10 heteroatoms. The van der Waals surface area contributed by atoms with Crippen LogP contribution in [-0.2, 0) is 24.9 Å². The Hall–Kier alpha value is -2.37. The number of guanidine groups is 1. The number of nitrogens with zero attached hydrogens (tertiary/aromatic N) is 5. The second kappa shape index (κ2) is 11.0. The number of nitrogens with one attached hydrogen (secondary N) is 2. The summed E-state index contributed by atoms with van der Waals surface area (Å²) < 4.78 is 7.36. The third kappa shape index (κ3) is 7.07. The highest BCUT2D eigenvalue weighted by atomic mass is 127. The quantitative estimate of drug-likeness (QED) is 0.322. The van der Waals surface area contributed by atoms with Crippen molar-refractivity contribution >= 4 is 41.7 Å². The Kier molecular flexibility index (Phi) is 8.88. The number of halogens is 1. The molecule has 1 aliphatic rings. The normalized spacial score (nSPS) is 13.9. The van der Waals surface area contributed by atoms with Crippen LogP contribution in [0.1, 0.15) is 50.6 Å². The highest BCUT2D eigenvalue weighted by Gasteiger charge is 2.37. The summed E-state index contributed by atoms with van der Waals surface area (Å²) in [6, 6.07) is 6.36. The molecule has 3 rings (SSSR count). The van der Waals surface area contributed by atoms with Crippen molar-refractivity contribution in [3.05, 3.63) is 41.5 Å². The number of hydrogen-bond acceptors (Lipinski definition) is 5. The smallest absolute Gasteiger partial charge is 0.415 e. The van der Waals surface area contributed by atoms with Gasteiger partial charge in [-0.05, 0) is 57.7 Å². The molecule has 1 heterocycles. The van der Waals surface area contributed by atoms with Crippen LogP contribution in [-0.4, -0.2) is 45.5 Å². The summed E-state index contributed by atoms with van der Waals surface area (Å²) in [7, 11) is 3.58. The van der Waals surface area contributed by atoms with Gasteiger partial charge in [-0.15, -0.1) is 24.0 Å². The van der Waals surface area contributed by atoms with Crippen molar-refractivity contribution < 1.29 is 9.53 Å². The second-order valence-electron chi connectivity index (χ2n) is 8.78. The van der Waals surface area contributed by atoms with E-state index in [1.165, 1.54) is 6.33 Å². The van der Waals surface area contributed by atoms with Gasteiger partial charge in [-0.2, -0.15) is 5.10 Å². The lowest BCUT2D eigenvalue weighted by molar-refractivity contribution is 0.0577. The summed E-state index contributed by atoms with van der Waals surface area (Å²) in [6.45, 7) is 8.84. The van der Waals surface area contributed by atoms with Gasteiger partial charge in [0.25, 0.3) is 0 Å². The zero-order valence-electron chi connectivity index (χ0n) is 19.7. The Labute approximate surface area is 207 Å². The van der Waals surface area contributed by atoms with Gasteiger partial charge in [0.05, 0.1) is 12.2 Å². The lowest BCUT2D eigenvalue weighted by Gasteiger charge is -2.28. The summed E-state index contributed by atoms with van der Waals surface area (Å²) in [5.74, 6) is 1.50. The SMILES string of the molecule is CN=C(NCc1ccc(N(C(=O)OC(C)(C)C)C2CC2)c(C)c1)NCc1ncnn1C.I. The van der Waals surface area contributed by atoms with Crippen LogP contribution in [0.2, 0.25) is 0 Å². The molecule has 0 unspecified atom stereocenters. The molecule has 32 heavy (non-hydrogen) atoms. The number of amides is 1. The Morgan fingerprint density at radius 2 is 1.97 bits per heavy atom. The summed E-state index contributed by atoms with van der Waals surface area (Å²) in [6.07, 6.45) is 3.27. The third-order valence-corrected chi connectivity index (χ3v) is 4.93. The van der Waals surface area contributed by atoms with Gasteiger partial charge in [-0.1, -0.05) is 12.1 Å². The van der Waals surface area contributed by atoms with Gasteiger partial charge < -0.3 is 15.4 Å². The largest absolute Gasteiger partial charge is 0.443 e. The maximum Gasteiger partial charge on any atom is 0.415 e. The highest BCUT2D eigenvalue weighted by Crippen LogP contribution is 2.35. The first-order valence-corrected chi connectivity index (χ1v) is 10.6. The molecule has 176 valence electrons. The van der Waals surface area contributed by atoms with E-state index < -0.39 is 5.60 Å². The minimum atomic E-state index is -0.518. The van der Waals surface area contributed by atoms with Crippen LogP contribution in [0, 0.1) is 6.92 Å². The van der Waals surface area contributed by atoms with Gasteiger partial charge in [0.1, 0.15) is 17.8 Å². The van der Waals surface area contributed by atoms with Crippen LogP contribution in [0.4, 0.5) is 10.5 Å². The molecule has 0 radical (unpaired) electrons. The second-order valence-corrected chi connectivity index (χ2v) is 8.78.